The van der Waals surface area contributed by atoms with Crippen molar-refractivity contribution in [3.05, 3.63) is 59.9 Å². The van der Waals surface area contributed by atoms with E-state index in [1.807, 2.05) is 6.07 Å². The molecule has 0 radical (unpaired) electrons. The van der Waals surface area contributed by atoms with Crippen molar-refractivity contribution in [2.75, 3.05) is 6.54 Å². The van der Waals surface area contributed by atoms with E-state index < -0.39 is 10.0 Å². The molecule has 7 heteroatoms. The molecule has 1 heterocycles. The predicted octanol–water partition coefficient (Wildman–Crippen LogP) is 1.31. The molecule has 1 aromatic carbocycles. The monoisotopic (exact) mass is 319 g/mol. The van der Waals surface area contributed by atoms with E-state index >= 15 is 0 Å². The topological polar surface area (TPSA) is 88.2 Å². The van der Waals surface area contributed by atoms with Crippen LogP contribution in [0.15, 0.2) is 53.7 Å². The molecule has 0 spiro atoms. The highest BCUT2D eigenvalue weighted by molar-refractivity contribution is 7.89. The average Bonchev–Trinajstić information content (AvgIpc) is 2.53. The van der Waals surface area contributed by atoms with Gasteiger partial charge in [-0.05, 0) is 29.8 Å². The Bertz CT molecular complexity index is 746. The molecule has 2 rings (SSSR count). The molecule has 6 nitrogen and oxygen atoms in total. The summed E-state index contributed by atoms with van der Waals surface area (Å²) in [7, 11) is -3.57. The molecule has 2 N–H and O–H groups in total. The molecule has 0 fully saturated rings. The van der Waals surface area contributed by atoms with E-state index in [0.29, 0.717) is 18.7 Å². The minimum absolute atomic E-state index is 0.0726. The summed E-state index contributed by atoms with van der Waals surface area (Å²) in [5, 5.41) is 2.73. The number of benzene rings is 1. The van der Waals surface area contributed by atoms with Crippen LogP contribution in [0.25, 0.3) is 0 Å². The van der Waals surface area contributed by atoms with Crippen molar-refractivity contribution in [1.82, 2.24) is 15.0 Å². The van der Waals surface area contributed by atoms with Crippen LogP contribution in [-0.2, 0) is 16.6 Å². The second-order valence-corrected chi connectivity index (χ2v) is 6.34. The Morgan fingerprint density at radius 1 is 1.23 bits per heavy atom. The molecule has 0 aliphatic heterocycles. The molecular formula is C15H17N3O3S. The van der Waals surface area contributed by atoms with E-state index in [4.69, 9.17) is 0 Å². The van der Waals surface area contributed by atoms with Gasteiger partial charge in [-0.1, -0.05) is 19.1 Å². The first-order valence-electron chi connectivity index (χ1n) is 6.80. The molecule has 0 aliphatic carbocycles. The van der Waals surface area contributed by atoms with Crippen molar-refractivity contribution >= 4 is 15.9 Å². The fourth-order valence-corrected chi connectivity index (χ4v) is 2.95. The number of sulfonamides is 1. The van der Waals surface area contributed by atoms with Gasteiger partial charge in [-0.3, -0.25) is 9.78 Å². The van der Waals surface area contributed by atoms with E-state index in [2.05, 4.69) is 15.0 Å². The van der Waals surface area contributed by atoms with E-state index in [1.54, 1.807) is 37.5 Å². The van der Waals surface area contributed by atoms with Crippen molar-refractivity contribution in [3.8, 4) is 0 Å². The summed E-state index contributed by atoms with van der Waals surface area (Å²) in [4.78, 5) is 16.1. The number of carbonyl (C=O) groups is 1. The third-order valence-corrected chi connectivity index (χ3v) is 4.46. The highest BCUT2D eigenvalue weighted by Crippen LogP contribution is 2.11. The van der Waals surface area contributed by atoms with Gasteiger partial charge in [0.25, 0.3) is 5.91 Å². The third kappa shape index (κ3) is 4.12. The molecule has 1 amide bonds. The lowest BCUT2D eigenvalue weighted by molar-refractivity contribution is 0.0950. The minimum atomic E-state index is -3.57. The van der Waals surface area contributed by atoms with Gasteiger partial charge in [0.15, 0.2) is 0 Å². The van der Waals surface area contributed by atoms with Crippen LogP contribution in [0.5, 0.6) is 0 Å². The number of pyridine rings is 1. The van der Waals surface area contributed by atoms with E-state index in [9.17, 15) is 13.2 Å². The molecule has 1 aromatic heterocycles. The zero-order valence-electron chi connectivity index (χ0n) is 12.1. The Labute approximate surface area is 129 Å². The number of hydrogen-bond donors (Lipinski definition) is 2. The summed E-state index contributed by atoms with van der Waals surface area (Å²) < 4.78 is 26.3. The Balaban J connectivity index is 2.11. The minimum Gasteiger partial charge on any atom is -0.348 e. The van der Waals surface area contributed by atoms with Gasteiger partial charge in [0.2, 0.25) is 10.0 Å². The third-order valence-electron chi connectivity index (χ3n) is 2.92. The van der Waals surface area contributed by atoms with Crippen LogP contribution in [0.3, 0.4) is 0 Å². The number of amides is 1. The number of carbonyl (C=O) groups excluding carboxylic acids is 1. The highest BCUT2D eigenvalue weighted by Gasteiger charge is 2.15. The Hall–Kier alpha value is -2.25. The fourth-order valence-electron chi connectivity index (χ4n) is 1.86. The van der Waals surface area contributed by atoms with Gasteiger partial charge in [0.05, 0.1) is 4.90 Å². The first kappa shape index (κ1) is 16.1. The van der Waals surface area contributed by atoms with Crippen LogP contribution in [0.4, 0.5) is 0 Å². The van der Waals surface area contributed by atoms with Crippen LogP contribution < -0.4 is 10.0 Å². The lowest BCUT2D eigenvalue weighted by atomic mass is 10.2. The predicted molar refractivity (Wildman–Crippen MR) is 82.7 cm³/mol. The second kappa shape index (κ2) is 7.15. The largest absolute Gasteiger partial charge is 0.348 e. The molecule has 0 aliphatic rings. The first-order valence-corrected chi connectivity index (χ1v) is 8.28. The molecule has 22 heavy (non-hydrogen) atoms. The Kier molecular flexibility index (Phi) is 5.24. The first-order chi connectivity index (χ1) is 10.5. The SMILES string of the molecule is CCNS(=O)(=O)c1cccc(C(=O)NCc2cccnc2)c1. The van der Waals surface area contributed by atoms with E-state index in [0.717, 1.165) is 5.56 Å². The zero-order valence-corrected chi connectivity index (χ0v) is 12.9. The summed E-state index contributed by atoms with van der Waals surface area (Å²) in [5.74, 6) is -0.336. The molecule has 2 aromatic rings. The normalized spacial score (nSPS) is 11.1. The smallest absolute Gasteiger partial charge is 0.251 e. The maximum atomic E-state index is 12.1. The van der Waals surface area contributed by atoms with Crippen molar-refractivity contribution in [3.63, 3.8) is 0 Å². The molecule has 0 bridgehead atoms. The van der Waals surface area contributed by atoms with Gasteiger partial charge in [0.1, 0.15) is 0 Å². The average molecular weight is 319 g/mol. The van der Waals surface area contributed by atoms with Gasteiger partial charge < -0.3 is 5.32 Å². The maximum Gasteiger partial charge on any atom is 0.251 e. The number of aromatic nitrogens is 1. The van der Waals surface area contributed by atoms with Crippen LogP contribution in [0.2, 0.25) is 0 Å². The van der Waals surface area contributed by atoms with Crippen molar-refractivity contribution in [1.29, 1.82) is 0 Å². The molecule has 0 atom stereocenters. The number of nitrogens with one attached hydrogen (secondary N) is 2. The van der Waals surface area contributed by atoms with E-state index in [-0.39, 0.29) is 10.8 Å². The van der Waals surface area contributed by atoms with Crippen LogP contribution in [0, 0.1) is 0 Å². The standard InChI is InChI=1S/C15H17N3O3S/c1-2-18-22(20,21)14-7-3-6-13(9-14)15(19)17-11-12-5-4-8-16-10-12/h3-10,18H,2,11H2,1H3,(H,17,19). The van der Waals surface area contributed by atoms with Gasteiger partial charge in [-0.2, -0.15) is 0 Å². The van der Waals surface area contributed by atoms with Gasteiger partial charge in [-0.15, -0.1) is 0 Å². The van der Waals surface area contributed by atoms with Crippen molar-refractivity contribution < 1.29 is 13.2 Å². The quantitative estimate of drug-likeness (QED) is 0.840. The van der Waals surface area contributed by atoms with E-state index in [1.165, 1.54) is 12.1 Å². The van der Waals surface area contributed by atoms with Gasteiger partial charge in [-0.25, -0.2) is 13.1 Å². The summed E-state index contributed by atoms with van der Waals surface area (Å²) in [5.41, 5.74) is 1.16. The fraction of sp³-hybridized carbons (Fsp3) is 0.200. The van der Waals surface area contributed by atoms with Gasteiger partial charge in [0, 0.05) is 31.0 Å². The lowest BCUT2D eigenvalue weighted by Crippen LogP contribution is -2.25. The number of hydrogen-bond acceptors (Lipinski definition) is 4. The molecule has 0 saturated heterocycles. The van der Waals surface area contributed by atoms with Crippen molar-refractivity contribution in [2.45, 2.75) is 18.4 Å². The van der Waals surface area contributed by atoms with Gasteiger partial charge >= 0.3 is 0 Å². The summed E-state index contributed by atoms with van der Waals surface area (Å²) in [6.07, 6.45) is 3.31. The zero-order chi connectivity index (χ0) is 16.0. The second-order valence-electron chi connectivity index (χ2n) is 4.57. The molecule has 0 saturated carbocycles. The Morgan fingerprint density at radius 2 is 2.05 bits per heavy atom. The number of nitrogens with zero attached hydrogens (tertiary/aromatic N) is 1. The van der Waals surface area contributed by atoms with Crippen LogP contribution >= 0.6 is 0 Å². The summed E-state index contributed by atoms with van der Waals surface area (Å²) in [6.45, 7) is 2.32. The molecular weight excluding hydrogens is 302 g/mol. The van der Waals surface area contributed by atoms with Crippen LogP contribution in [-0.4, -0.2) is 25.9 Å². The molecule has 0 unspecified atom stereocenters. The highest BCUT2D eigenvalue weighted by atomic mass is 32.2. The van der Waals surface area contributed by atoms with Crippen molar-refractivity contribution in [2.24, 2.45) is 0 Å². The summed E-state index contributed by atoms with van der Waals surface area (Å²) >= 11 is 0. The maximum absolute atomic E-state index is 12.1. The number of rotatable bonds is 6. The Morgan fingerprint density at radius 3 is 2.73 bits per heavy atom. The summed E-state index contributed by atoms with van der Waals surface area (Å²) in [6, 6.07) is 9.56. The van der Waals surface area contributed by atoms with Crippen LogP contribution in [0.1, 0.15) is 22.8 Å². The molecule has 116 valence electrons. The lowest BCUT2D eigenvalue weighted by Gasteiger charge is -2.08.